The minimum absolute atomic E-state index is 0.226. The summed E-state index contributed by atoms with van der Waals surface area (Å²) in [5.41, 5.74) is 2.43. The topological polar surface area (TPSA) is 46.6 Å². The first-order chi connectivity index (χ1) is 15.4. The third kappa shape index (κ3) is 5.46. The number of imide groups is 1. The van der Waals surface area contributed by atoms with Gasteiger partial charge >= 0.3 is 0 Å². The Bertz CT molecular complexity index is 1210. The molecule has 3 aromatic rings. The number of amides is 2. The van der Waals surface area contributed by atoms with Crippen LogP contribution < -0.4 is 4.74 Å². The molecule has 1 heterocycles. The fourth-order valence-electron chi connectivity index (χ4n) is 3.08. The van der Waals surface area contributed by atoms with Crippen LogP contribution in [0.2, 0.25) is 5.02 Å². The predicted octanol–water partition coefficient (Wildman–Crippen LogP) is 7.68. The van der Waals surface area contributed by atoms with E-state index in [-0.39, 0.29) is 24.3 Å². The molecule has 1 aliphatic rings. The first-order valence-electron chi connectivity index (χ1n) is 9.56. The van der Waals surface area contributed by atoms with Gasteiger partial charge in [-0.2, -0.15) is 0 Å². The minimum Gasteiger partial charge on any atom is -0.488 e. The smallest absolute Gasteiger partial charge is 0.293 e. The van der Waals surface area contributed by atoms with Gasteiger partial charge in [-0.05, 0) is 59.8 Å². The summed E-state index contributed by atoms with van der Waals surface area (Å²) in [7, 11) is 0. The molecule has 2 amide bonds. The molecule has 4 rings (SSSR count). The molecule has 0 spiro atoms. The van der Waals surface area contributed by atoms with Gasteiger partial charge in [-0.15, -0.1) is 0 Å². The summed E-state index contributed by atoms with van der Waals surface area (Å²) in [6.07, 6.45) is 1.69. The van der Waals surface area contributed by atoms with Crippen molar-refractivity contribution in [3.8, 4) is 5.75 Å². The average Bonchev–Trinajstić information content (AvgIpc) is 3.03. The van der Waals surface area contributed by atoms with E-state index in [0.29, 0.717) is 21.2 Å². The summed E-state index contributed by atoms with van der Waals surface area (Å²) in [5.74, 6) is 0.271. The summed E-state index contributed by atoms with van der Waals surface area (Å²) in [6, 6.07) is 20.5. The summed E-state index contributed by atoms with van der Waals surface area (Å²) in [4.78, 5) is 27.1. The van der Waals surface area contributed by atoms with Gasteiger partial charge in [0.1, 0.15) is 12.4 Å². The van der Waals surface area contributed by atoms with Crippen molar-refractivity contribution in [3.63, 3.8) is 0 Å². The van der Waals surface area contributed by atoms with Crippen LogP contribution in [0.3, 0.4) is 0 Å². The van der Waals surface area contributed by atoms with Gasteiger partial charge in [-0.25, -0.2) is 0 Å². The first-order valence-corrected chi connectivity index (χ1v) is 12.3. The highest BCUT2D eigenvalue weighted by Gasteiger charge is 2.35. The minimum atomic E-state index is -0.319. The maximum atomic E-state index is 12.9. The Morgan fingerprint density at radius 2 is 1.69 bits per heavy atom. The van der Waals surface area contributed by atoms with Crippen molar-refractivity contribution in [2.24, 2.45) is 0 Å². The number of carbonyl (C=O) groups excluding carboxylic acids is 2. The van der Waals surface area contributed by atoms with E-state index in [0.717, 1.165) is 31.8 Å². The lowest BCUT2D eigenvalue weighted by molar-refractivity contribution is -0.123. The quantitative estimate of drug-likeness (QED) is 0.275. The van der Waals surface area contributed by atoms with Gasteiger partial charge in [0.25, 0.3) is 11.1 Å². The molecule has 0 radical (unpaired) electrons. The average molecular weight is 594 g/mol. The van der Waals surface area contributed by atoms with Crippen molar-refractivity contribution >= 4 is 72.4 Å². The van der Waals surface area contributed by atoms with Crippen molar-refractivity contribution in [3.05, 3.63) is 102 Å². The second-order valence-electron chi connectivity index (χ2n) is 6.96. The van der Waals surface area contributed by atoms with Crippen molar-refractivity contribution in [2.75, 3.05) is 0 Å². The summed E-state index contributed by atoms with van der Waals surface area (Å²) in [6.45, 7) is 0.511. The molecule has 0 aliphatic carbocycles. The van der Waals surface area contributed by atoms with Crippen LogP contribution in [-0.2, 0) is 17.9 Å². The maximum Gasteiger partial charge on any atom is 0.293 e. The fourth-order valence-corrected chi connectivity index (χ4v) is 4.75. The van der Waals surface area contributed by atoms with Crippen LogP contribution in [0.15, 0.2) is 80.6 Å². The van der Waals surface area contributed by atoms with Crippen LogP contribution in [0.5, 0.6) is 5.75 Å². The molecule has 0 aromatic heterocycles. The van der Waals surface area contributed by atoms with Crippen LogP contribution in [0.4, 0.5) is 4.79 Å². The standard InChI is InChI=1S/C24H16Br2ClNO3S/c25-18-7-5-15(6-8-18)13-28-23(29)22(32-24(28)30)12-17-11-19(26)9-10-21(17)31-14-16-3-1-2-4-20(16)27/h1-12H,13-14H2/b22-12-. The van der Waals surface area contributed by atoms with Crippen molar-refractivity contribution in [1.82, 2.24) is 4.90 Å². The Hall–Kier alpha value is -2.06. The number of nitrogens with zero attached hydrogens (tertiary/aromatic N) is 1. The normalized spacial score (nSPS) is 15.0. The zero-order valence-electron chi connectivity index (χ0n) is 16.6. The molecule has 1 fully saturated rings. The predicted molar refractivity (Wildman–Crippen MR) is 136 cm³/mol. The number of thioether (sulfide) groups is 1. The van der Waals surface area contributed by atoms with E-state index < -0.39 is 0 Å². The molecule has 8 heteroatoms. The van der Waals surface area contributed by atoms with Crippen LogP contribution in [0, 0.1) is 0 Å². The number of rotatable bonds is 6. The SMILES string of the molecule is O=C1S/C(=C\c2cc(Br)ccc2OCc2ccccc2Cl)C(=O)N1Cc1ccc(Br)cc1. The number of halogens is 3. The zero-order chi connectivity index (χ0) is 22.7. The van der Waals surface area contributed by atoms with Gasteiger partial charge in [-0.3, -0.25) is 14.5 Å². The van der Waals surface area contributed by atoms with Gasteiger partial charge in [0.15, 0.2) is 0 Å². The van der Waals surface area contributed by atoms with Crippen LogP contribution in [0.25, 0.3) is 6.08 Å². The van der Waals surface area contributed by atoms with Crippen LogP contribution in [0.1, 0.15) is 16.7 Å². The molecule has 0 saturated carbocycles. The van der Waals surface area contributed by atoms with Gasteiger partial charge < -0.3 is 4.74 Å². The Kier molecular flexibility index (Phi) is 7.40. The zero-order valence-corrected chi connectivity index (χ0v) is 21.3. The van der Waals surface area contributed by atoms with E-state index in [9.17, 15) is 9.59 Å². The van der Waals surface area contributed by atoms with Gasteiger partial charge in [0, 0.05) is 25.1 Å². The molecule has 1 saturated heterocycles. The molecule has 0 N–H and O–H groups in total. The number of carbonyl (C=O) groups is 2. The highest BCUT2D eigenvalue weighted by Crippen LogP contribution is 2.36. The lowest BCUT2D eigenvalue weighted by atomic mass is 10.1. The molecule has 32 heavy (non-hydrogen) atoms. The molecular formula is C24H16Br2ClNO3S. The molecule has 4 nitrogen and oxygen atoms in total. The van der Waals surface area contributed by atoms with Gasteiger partial charge in [0.2, 0.25) is 0 Å². The number of ether oxygens (including phenoxy) is 1. The molecule has 162 valence electrons. The molecule has 0 atom stereocenters. The summed E-state index contributed by atoms with van der Waals surface area (Å²) in [5, 5.41) is 0.331. The summed E-state index contributed by atoms with van der Waals surface area (Å²) >= 11 is 14.0. The second kappa shape index (κ2) is 10.3. The van der Waals surface area contributed by atoms with E-state index in [1.807, 2.05) is 66.7 Å². The van der Waals surface area contributed by atoms with E-state index in [4.69, 9.17) is 16.3 Å². The van der Waals surface area contributed by atoms with Crippen LogP contribution >= 0.6 is 55.2 Å². The Morgan fingerprint density at radius 1 is 0.969 bits per heavy atom. The Morgan fingerprint density at radius 3 is 2.44 bits per heavy atom. The highest BCUT2D eigenvalue weighted by molar-refractivity contribution is 9.10. The van der Waals surface area contributed by atoms with Crippen molar-refractivity contribution in [2.45, 2.75) is 13.2 Å². The molecule has 3 aromatic carbocycles. The number of hydrogen-bond acceptors (Lipinski definition) is 4. The van der Waals surface area contributed by atoms with Crippen molar-refractivity contribution in [1.29, 1.82) is 0 Å². The third-order valence-electron chi connectivity index (χ3n) is 4.73. The third-order valence-corrected chi connectivity index (χ3v) is 7.03. The monoisotopic (exact) mass is 591 g/mol. The molecular weight excluding hydrogens is 578 g/mol. The lowest BCUT2D eigenvalue weighted by Crippen LogP contribution is -2.27. The Balaban J connectivity index is 1.55. The highest BCUT2D eigenvalue weighted by atomic mass is 79.9. The largest absolute Gasteiger partial charge is 0.488 e. The van der Waals surface area contributed by atoms with Gasteiger partial charge in [-0.1, -0.05) is 73.8 Å². The van der Waals surface area contributed by atoms with E-state index in [1.165, 1.54) is 4.90 Å². The maximum absolute atomic E-state index is 12.9. The lowest BCUT2D eigenvalue weighted by Gasteiger charge is -2.13. The van der Waals surface area contributed by atoms with Crippen LogP contribution in [-0.4, -0.2) is 16.0 Å². The van der Waals surface area contributed by atoms with E-state index in [1.54, 1.807) is 6.08 Å². The van der Waals surface area contributed by atoms with E-state index >= 15 is 0 Å². The second-order valence-corrected chi connectivity index (χ2v) is 10.2. The number of benzene rings is 3. The molecule has 1 aliphatic heterocycles. The molecule has 0 unspecified atom stereocenters. The first kappa shape index (κ1) is 23.1. The molecule has 0 bridgehead atoms. The number of hydrogen-bond donors (Lipinski definition) is 0. The van der Waals surface area contributed by atoms with Gasteiger partial charge in [0.05, 0.1) is 11.4 Å². The fraction of sp³-hybridized carbons (Fsp3) is 0.0833. The van der Waals surface area contributed by atoms with E-state index in [2.05, 4.69) is 31.9 Å². The summed E-state index contributed by atoms with van der Waals surface area (Å²) < 4.78 is 7.77. The van der Waals surface area contributed by atoms with Crippen molar-refractivity contribution < 1.29 is 14.3 Å². The Labute approximate surface area is 211 Å².